The van der Waals surface area contributed by atoms with Crippen LogP contribution in [0.25, 0.3) is 0 Å². The summed E-state index contributed by atoms with van der Waals surface area (Å²) < 4.78 is 0. The lowest BCUT2D eigenvalue weighted by Gasteiger charge is -2.05. The summed E-state index contributed by atoms with van der Waals surface area (Å²) in [6, 6.07) is 5.74. The minimum absolute atomic E-state index is 0.743. The van der Waals surface area contributed by atoms with E-state index in [1.54, 1.807) is 18.6 Å². The molecule has 0 amide bonds. The van der Waals surface area contributed by atoms with E-state index in [0.717, 1.165) is 16.9 Å². The highest BCUT2D eigenvalue weighted by Gasteiger charge is 2.02. The van der Waals surface area contributed by atoms with Crippen LogP contribution in [0.1, 0.15) is 5.56 Å². The summed E-state index contributed by atoms with van der Waals surface area (Å²) in [5.74, 6) is 0. The maximum Gasteiger partial charge on any atom is 0.0490 e. The summed E-state index contributed by atoms with van der Waals surface area (Å²) in [5.41, 5.74) is 8.43. The first-order valence-corrected chi connectivity index (χ1v) is 3.71. The van der Waals surface area contributed by atoms with Crippen LogP contribution in [0.2, 0.25) is 0 Å². The van der Waals surface area contributed by atoms with Crippen LogP contribution in [0, 0.1) is 0 Å². The lowest BCUT2D eigenvalue weighted by Crippen LogP contribution is -1.97. The van der Waals surface area contributed by atoms with Gasteiger partial charge in [-0.3, -0.25) is 4.99 Å². The Balaban J connectivity index is 2.59. The summed E-state index contributed by atoms with van der Waals surface area (Å²) in [5, 5.41) is 3.08. The van der Waals surface area contributed by atoms with E-state index in [9.17, 15) is 0 Å². The van der Waals surface area contributed by atoms with E-state index in [-0.39, 0.29) is 0 Å². The summed E-state index contributed by atoms with van der Waals surface area (Å²) in [6.07, 6.45) is 5.22. The van der Waals surface area contributed by atoms with E-state index in [1.807, 2.05) is 18.2 Å². The van der Waals surface area contributed by atoms with Crippen molar-refractivity contribution in [3.8, 4) is 0 Å². The molecule has 60 valence electrons. The van der Waals surface area contributed by atoms with E-state index < -0.39 is 0 Å². The van der Waals surface area contributed by atoms with Gasteiger partial charge in [0.2, 0.25) is 0 Å². The molecule has 0 atom stereocenters. The molecule has 0 bridgehead atoms. The molecule has 1 aromatic carbocycles. The first-order valence-electron chi connectivity index (χ1n) is 3.71. The first-order chi connectivity index (χ1) is 5.88. The standard InChI is InChI=1S/C9H9N3/c10-8-2-1-3-9-7(8)6-11-4-5-12-9/h1-6,12H,10H2. The van der Waals surface area contributed by atoms with Gasteiger partial charge in [-0.25, -0.2) is 0 Å². The molecule has 0 unspecified atom stereocenters. The summed E-state index contributed by atoms with van der Waals surface area (Å²) in [4.78, 5) is 4.02. The Labute approximate surface area is 70.6 Å². The van der Waals surface area contributed by atoms with Crippen molar-refractivity contribution in [2.75, 3.05) is 11.1 Å². The van der Waals surface area contributed by atoms with Gasteiger partial charge in [-0.2, -0.15) is 0 Å². The van der Waals surface area contributed by atoms with Gasteiger partial charge in [0.25, 0.3) is 0 Å². The molecule has 12 heavy (non-hydrogen) atoms. The second-order valence-electron chi connectivity index (χ2n) is 2.55. The lowest BCUT2D eigenvalue weighted by atomic mass is 10.1. The van der Waals surface area contributed by atoms with Crippen LogP contribution in [-0.4, -0.2) is 6.21 Å². The van der Waals surface area contributed by atoms with Crippen molar-refractivity contribution in [3.63, 3.8) is 0 Å². The predicted octanol–water partition coefficient (Wildman–Crippen LogP) is 1.58. The fourth-order valence-corrected chi connectivity index (χ4v) is 1.14. The monoisotopic (exact) mass is 159 g/mol. The molecule has 3 N–H and O–H groups in total. The van der Waals surface area contributed by atoms with Gasteiger partial charge in [0, 0.05) is 35.6 Å². The fourth-order valence-electron chi connectivity index (χ4n) is 1.14. The molecular formula is C9H9N3. The third kappa shape index (κ3) is 1.05. The Morgan fingerprint density at radius 3 is 3.17 bits per heavy atom. The summed E-state index contributed by atoms with van der Waals surface area (Å²) in [7, 11) is 0. The summed E-state index contributed by atoms with van der Waals surface area (Å²) in [6.45, 7) is 0. The molecular weight excluding hydrogens is 150 g/mol. The van der Waals surface area contributed by atoms with E-state index in [4.69, 9.17) is 5.73 Å². The second kappa shape index (κ2) is 2.70. The Bertz CT molecular complexity index is 353. The maximum atomic E-state index is 5.75. The quantitative estimate of drug-likeness (QED) is 0.565. The zero-order valence-electron chi connectivity index (χ0n) is 6.49. The smallest absolute Gasteiger partial charge is 0.0490 e. The number of hydrogen-bond acceptors (Lipinski definition) is 3. The van der Waals surface area contributed by atoms with E-state index >= 15 is 0 Å². The zero-order chi connectivity index (χ0) is 8.39. The van der Waals surface area contributed by atoms with Crippen molar-refractivity contribution in [3.05, 3.63) is 36.2 Å². The molecule has 0 saturated carbocycles. The number of aliphatic imine (C=N–C) groups is 1. The number of rotatable bonds is 0. The molecule has 1 aromatic rings. The third-order valence-corrected chi connectivity index (χ3v) is 1.74. The highest BCUT2D eigenvalue weighted by atomic mass is 14.9. The number of nitrogens with one attached hydrogen (secondary N) is 1. The lowest BCUT2D eigenvalue weighted by molar-refractivity contribution is 1.55. The van der Waals surface area contributed by atoms with E-state index in [0.29, 0.717) is 0 Å². The van der Waals surface area contributed by atoms with Crippen molar-refractivity contribution in [1.82, 2.24) is 0 Å². The van der Waals surface area contributed by atoms with Gasteiger partial charge in [-0.15, -0.1) is 0 Å². The van der Waals surface area contributed by atoms with Gasteiger partial charge in [-0.05, 0) is 12.1 Å². The van der Waals surface area contributed by atoms with Crippen molar-refractivity contribution < 1.29 is 0 Å². The van der Waals surface area contributed by atoms with Crippen LogP contribution in [0.5, 0.6) is 0 Å². The SMILES string of the molecule is Nc1cccc2c1C=NC=CN2. The maximum absolute atomic E-state index is 5.75. The normalized spacial score (nSPS) is 13.3. The molecule has 0 saturated heterocycles. The fraction of sp³-hybridized carbons (Fsp3) is 0. The Hall–Kier alpha value is -1.77. The van der Waals surface area contributed by atoms with E-state index in [1.165, 1.54) is 0 Å². The predicted molar refractivity (Wildman–Crippen MR) is 51.2 cm³/mol. The highest BCUT2D eigenvalue weighted by Crippen LogP contribution is 2.20. The molecule has 1 aliphatic rings. The third-order valence-electron chi connectivity index (χ3n) is 1.74. The Kier molecular flexibility index (Phi) is 1.55. The van der Waals surface area contributed by atoms with E-state index in [2.05, 4.69) is 10.3 Å². The van der Waals surface area contributed by atoms with Crippen LogP contribution in [0.3, 0.4) is 0 Å². The van der Waals surface area contributed by atoms with Gasteiger partial charge in [-0.1, -0.05) is 6.07 Å². The van der Waals surface area contributed by atoms with Gasteiger partial charge in [0.15, 0.2) is 0 Å². The number of nitrogens with zero attached hydrogens (tertiary/aromatic N) is 1. The van der Waals surface area contributed by atoms with Crippen molar-refractivity contribution in [1.29, 1.82) is 0 Å². The van der Waals surface area contributed by atoms with Gasteiger partial charge in [0.1, 0.15) is 0 Å². The van der Waals surface area contributed by atoms with Crippen LogP contribution in [-0.2, 0) is 0 Å². The largest absolute Gasteiger partial charge is 0.398 e. The molecule has 0 aromatic heterocycles. The number of nitrogen functional groups attached to an aromatic ring is 1. The summed E-state index contributed by atoms with van der Waals surface area (Å²) >= 11 is 0. The van der Waals surface area contributed by atoms with Crippen LogP contribution >= 0.6 is 0 Å². The van der Waals surface area contributed by atoms with Crippen LogP contribution < -0.4 is 11.1 Å². The van der Waals surface area contributed by atoms with Crippen LogP contribution in [0.15, 0.2) is 35.6 Å². The average molecular weight is 159 g/mol. The number of nitrogens with two attached hydrogens (primary N) is 1. The van der Waals surface area contributed by atoms with Crippen molar-refractivity contribution in [2.45, 2.75) is 0 Å². The highest BCUT2D eigenvalue weighted by molar-refractivity contribution is 5.95. The average Bonchev–Trinajstić information content (AvgIpc) is 2.30. The first kappa shape index (κ1) is 6.91. The molecule has 1 aliphatic heterocycles. The van der Waals surface area contributed by atoms with Gasteiger partial charge in [0.05, 0.1) is 0 Å². The Morgan fingerprint density at radius 1 is 1.33 bits per heavy atom. The minimum Gasteiger partial charge on any atom is -0.398 e. The van der Waals surface area contributed by atoms with Gasteiger partial charge < -0.3 is 11.1 Å². The molecule has 0 aliphatic carbocycles. The molecule has 0 fully saturated rings. The topological polar surface area (TPSA) is 50.4 Å². The molecule has 0 radical (unpaired) electrons. The molecule has 1 heterocycles. The zero-order valence-corrected chi connectivity index (χ0v) is 6.49. The molecule has 3 heteroatoms. The van der Waals surface area contributed by atoms with Crippen LogP contribution in [0.4, 0.5) is 11.4 Å². The number of anilines is 2. The number of benzene rings is 1. The molecule has 3 nitrogen and oxygen atoms in total. The van der Waals surface area contributed by atoms with Crippen molar-refractivity contribution >= 4 is 17.6 Å². The molecule has 2 rings (SSSR count). The second-order valence-corrected chi connectivity index (χ2v) is 2.55. The van der Waals surface area contributed by atoms with Gasteiger partial charge >= 0.3 is 0 Å². The Morgan fingerprint density at radius 2 is 2.25 bits per heavy atom. The number of fused-ring (bicyclic) bond motifs is 1. The van der Waals surface area contributed by atoms with Crippen molar-refractivity contribution in [2.24, 2.45) is 4.99 Å². The molecule has 0 spiro atoms. The number of hydrogen-bond donors (Lipinski definition) is 2. The minimum atomic E-state index is 0.743.